The molecule has 0 bridgehead atoms. The third-order valence-electron chi connectivity index (χ3n) is 2.79. The Bertz CT molecular complexity index is 382. The van der Waals surface area contributed by atoms with Gasteiger partial charge in [0, 0.05) is 0 Å². The third-order valence-corrected chi connectivity index (χ3v) is 2.79. The number of halogens is 3. The minimum atomic E-state index is -4.65. The van der Waals surface area contributed by atoms with Crippen molar-refractivity contribution in [1.82, 2.24) is 5.32 Å². The van der Waals surface area contributed by atoms with Crippen LogP contribution < -0.4 is 5.32 Å². The van der Waals surface area contributed by atoms with Gasteiger partial charge in [-0.3, -0.25) is 5.32 Å². The van der Waals surface area contributed by atoms with Gasteiger partial charge in [0.05, 0.1) is 19.3 Å². The standard InChI is InChI=1S/C11H12F3NO2/c12-11(13,14)10(7-16)15-9(6-17-10)8-4-2-1-3-5-8/h1-5,9,15-16H,6-7H2/t9-,10+/m0/s1. The molecule has 1 saturated heterocycles. The van der Waals surface area contributed by atoms with Crippen LogP contribution in [0.3, 0.4) is 0 Å². The van der Waals surface area contributed by atoms with Crippen LogP contribution in [0.2, 0.25) is 0 Å². The van der Waals surface area contributed by atoms with E-state index in [4.69, 9.17) is 9.84 Å². The van der Waals surface area contributed by atoms with Crippen molar-refractivity contribution in [1.29, 1.82) is 0 Å². The first-order valence-electron chi connectivity index (χ1n) is 5.13. The molecule has 0 aromatic heterocycles. The Hall–Kier alpha value is -1.11. The van der Waals surface area contributed by atoms with Crippen LogP contribution >= 0.6 is 0 Å². The summed E-state index contributed by atoms with van der Waals surface area (Å²) in [5, 5.41) is 11.2. The van der Waals surface area contributed by atoms with Crippen molar-refractivity contribution in [3.8, 4) is 0 Å². The van der Waals surface area contributed by atoms with E-state index in [9.17, 15) is 13.2 Å². The quantitative estimate of drug-likeness (QED) is 0.834. The number of aliphatic hydroxyl groups is 1. The maximum absolute atomic E-state index is 12.8. The number of hydrogen-bond acceptors (Lipinski definition) is 3. The second kappa shape index (κ2) is 4.29. The van der Waals surface area contributed by atoms with Crippen LogP contribution in [-0.4, -0.2) is 30.2 Å². The number of ether oxygens (including phenoxy) is 1. The molecule has 0 saturated carbocycles. The molecule has 17 heavy (non-hydrogen) atoms. The van der Waals surface area contributed by atoms with Crippen LogP contribution in [-0.2, 0) is 4.74 Å². The van der Waals surface area contributed by atoms with Gasteiger partial charge in [0.25, 0.3) is 0 Å². The van der Waals surface area contributed by atoms with E-state index >= 15 is 0 Å². The predicted molar refractivity (Wildman–Crippen MR) is 54.1 cm³/mol. The molecule has 0 amide bonds. The van der Waals surface area contributed by atoms with Gasteiger partial charge in [-0.1, -0.05) is 30.3 Å². The minimum Gasteiger partial charge on any atom is -0.392 e. The molecular weight excluding hydrogens is 235 g/mol. The van der Waals surface area contributed by atoms with Gasteiger partial charge in [0.2, 0.25) is 5.72 Å². The van der Waals surface area contributed by atoms with Crippen LogP contribution in [0, 0.1) is 0 Å². The van der Waals surface area contributed by atoms with E-state index in [0.29, 0.717) is 5.56 Å². The molecule has 94 valence electrons. The summed E-state index contributed by atoms with van der Waals surface area (Å²) in [7, 11) is 0. The van der Waals surface area contributed by atoms with Crippen LogP contribution in [0.25, 0.3) is 0 Å². The van der Waals surface area contributed by atoms with Gasteiger partial charge < -0.3 is 9.84 Å². The minimum absolute atomic E-state index is 0.121. The van der Waals surface area contributed by atoms with Gasteiger partial charge in [-0.15, -0.1) is 0 Å². The number of aliphatic hydroxyl groups excluding tert-OH is 1. The lowest BCUT2D eigenvalue weighted by molar-refractivity contribution is -0.281. The molecule has 0 spiro atoms. The number of hydrogen-bond donors (Lipinski definition) is 2. The van der Waals surface area contributed by atoms with E-state index in [1.54, 1.807) is 30.3 Å². The SMILES string of the molecule is OC[C@@]1(C(F)(F)F)N[C@H](c2ccccc2)CO1. The van der Waals surface area contributed by atoms with Crippen molar-refractivity contribution in [2.75, 3.05) is 13.2 Å². The highest BCUT2D eigenvalue weighted by Gasteiger charge is 2.60. The van der Waals surface area contributed by atoms with Gasteiger partial charge in [0.1, 0.15) is 0 Å². The lowest BCUT2D eigenvalue weighted by Gasteiger charge is -2.29. The van der Waals surface area contributed by atoms with Crippen LogP contribution in [0.15, 0.2) is 30.3 Å². The van der Waals surface area contributed by atoms with Crippen LogP contribution in [0.5, 0.6) is 0 Å². The fourth-order valence-corrected chi connectivity index (χ4v) is 1.80. The zero-order chi connectivity index (χ0) is 12.5. The van der Waals surface area contributed by atoms with Crippen molar-refractivity contribution in [2.45, 2.75) is 17.9 Å². The first kappa shape index (κ1) is 12.3. The zero-order valence-electron chi connectivity index (χ0n) is 8.87. The highest BCUT2D eigenvalue weighted by molar-refractivity contribution is 5.20. The normalized spacial score (nSPS) is 29.5. The first-order valence-corrected chi connectivity index (χ1v) is 5.13. The molecule has 0 aliphatic carbocycles. The molecule has 2 rings (SSSR count). The monoisotopic (exact) mass is 247 g/mol. The largest absolute Gasteiger partial charge is 0.433 e. The van der Waals surface area contributed by atoms with Gasteiger partial charge in [0.15, 0.2) is 0 Å². The summed E-state index contributed by atoms with van der Waals surface area (Å²) >= 11 is 0. The Morgan fingerprint density at radius 2 is 2.00 bits per heavy atom. The molecule has 6 heteroatoms. The maximum atomic E-state index is 12.8. The number of benzene rings is 1. The molecule has 2 atom stereocenters. The highest BCUT2D eigenvalue weighted by atomic mass is 19.4. The first-order chi connectivity index (χ1) is 7.98. The fourth-order valence-electron chi connectivity index (χ4n) is 1.80. The number of nitrogens with one attached hydrogen (secondary N) is 1. The van der Waals surface area contributed by atoms with Crippen LogP contribution in [0.4, 0.5) is 13.2 Å². The second-order valence-corrected chi connectivity index (χ2v) is 3.90. The zero-order valence-corrected chi connectivity index (χ0v) is 8.87. The lowest BCUT2D eigenvalue weighted by Crippen LogP contribution is -2.57. The van der Waals surface area contributed by atoms with Gasteiger partial charge in [-0.25, -0.2) is 0 Å². The number of alkyl halides is 3. The molecule has 1 aromatic rings. The highest BCUT2D eigenvalue weighted by Crippen LogP contribution is 2.38. The van der Waals surface area contributed by atoms with Crippen molar-refractivity contribution in [3.63, 3.8) is 0 Å². The summed E-state index contributed by atoms with van der Waals surface area (Å²) in [5.74, 6) is 0. The molecule has 0 unspecified atom stereocenters. The Balaban J connectivity index is 2.19. The summed E-state index contributed by atoms with van der Waals surface area (Å²) in [6.07, 6.45) is -4.65. The van der Waals surface area contributed by atoms with Gasteiger partial charge in [-0.2, -0.15) is 13.2 Å². The lowest BCUT2D eigenvalue weighted by atomic mass is 10.1. The Labute approximate surface area is 96.2 Å². The molecule has 0 radical (unpaired) electrons. The summed E-state index contributed by atoms with van der Waals surface area (Å²) in [4.78, 5) is 0. The second-order valence-electron chi connectivity index (χ2n) is 3.90. The summed E-state index contributed by atoms with van der Waals surface area (Å²) in [5.41, 5.74) is -1.94. The van der Waals surface area contributed by atoms with Gasteiger partial charge in [-0.05, 0) is 5.56 Å². The Kier molecular flexibility index (Phi) is 3.11. The van der Waals surface area contributed by atoms with Crippen molar-refractivity contribution in [2.24, 2.45) is 0 Å². The fraction of sp³-hybridized carbons (Fsp3) is 0.455. The molecule has 1 aliphatic heterocycles. The molecule has 1 aromatic carbocycles. The van der Waals surface area contributed by atoms with E-state index in [0.717, 1.165) is 0 Å². The Morgan fingerprint density at radius 3 is 2.47 bits per heavy atom. The summed E-state index contributed by atoms with van der Waals surface area (Å²) in [6.45, 7) is -1.26. The Morgan fingerprint density at radius 1 is 1.35 bits per heavy atom. The summed E-state index contributed by atoms with van der Waals surface area (Å²) in [6, 6.07) is 8.12. The number of rotatable bonds is 2. The molecular formula is C11H12F3NO2. The average molecular weight is 247 g/mol. The predicted octanol–water partition coefficient (Wildman–Crippen LogP) is 1.60. The molecule has 1 heterocycles. The van der Waals surface area contributed by atoms with Crippen molar-refractivity contribution in [3.05, 3.63) is 35.9 Å². The molecule has 1 aliphatic rings. The summed E-state index contributed by atoms with van der Waals surface area (Å²) < 4.78 is 43.0. The van der Waals surface area contributed by atoms with E-state index in [-0.39, 0.29) is 6.61 Å². The van der Waals surface area contributed by atoms with E-state index in [1.807, 2.05) is 0 Å². The van der Waals surface area contributed by atoms with Crippen molar-refractivity contribution < 1.29 is 23.0 Å². The van der Waals surface area contributed by atoms with Crippen molar-refractivity contribution >= 4 is 0 Å². The van der Waals surface area contributed by atoms with Gasteiger partial charge >= 0.3 is 6.18 Å². The van der Waals surface area contributed by atoms with E-state index in [1.165, 1.54) is 0 Å². The molecule has 3 nitrogen and oxygen atoms in total. The average Bonchev–Trinajstić information content (AvgIpc) is 2.75. The third kappa shape index (κ3) is 2.15. The molecule has 2 N–H and O–H groups in total. The smallest absolute Gasteiger partial charge is 0.392 e. The van der Waals surface area contributed by atoms with E-state index < -0.39 is 24.6 Å². The molecule has 1 fully saturated rings. The van der Waals surface area contributed by atoms with E-state index in [2.05, 4.69) is 5.32 Å². The van der Waals surface area contributed by atoms with Crippen LogP contribution in [0.1, 0.15) is 11.6 Å². The maximum Gasteiger partial charge on any atom is 0.433 e. The topological polar surface area (TPSA) is 41.5 Å².